The Kier molecular flexibility index (Phi) is 7.67. The highest BCUT2D eigenvalue weighted by atomic mass is 79.9. The first-order valence-corrected chi connectivity index (χ1v) is 11.5. The number of hydrogen-bond acceptors (Lipinski definition) is 4. The van der Waals surface area contributed by atoms with Crippen LogP contribution in [0.4, 0.5) is 0 Å². The van der Waals surface area contributed by atoms with E-state index in [-0.39, 0.29) is 5.91 Å². The van der Waals surface area contributed by atoms with Crippen molar-refractivity contribution in [1.29, 1.82) is 0 Å². The van der Waals surface area contributed by atoms with Crippen LogP contribution in [0.2, 0.25) is 5.02 Å². The van der Waals surface area contributed by atoms with Crippen molar-refractivity contribution in [2.45, 2.75) is 6.61 Å². The van der Waals surface area contributed by atoms with Crippen molar-refractivity contribution in [3.8, 4) is 17.2 Å². The van der Waals surface area contributed by atoms with Gasteiger partial charge in [-0.3, -0.25) is 4.79 Å². The van der Waals surface area contributed by atoms with Gasteiger partial charge in [-0.25, -0.2) is 5.43 Å². The fourth-order valence-corrected chi connectivity index (χ4v) is 4.00. The summed E-state index contributed by atoms with van der Waals surface area (Å²) in [5.74, 6) is 0.794. The molecular weight excluding hydrogens is 518 g/mol. The van der Waals surface area contributed by atoms with Crippen LogP contribution in [0.5, 0.6) is 11.5 Å². The number of amides is 1. The molecule has 0 saturated heterocycles. The molecule has 0 aliphatic heterocycles. The molecule has 1 amide bonds. The van der Waals surface area contributed by atoms with Crippen molar-refractivity contribution in [1.82, 2.24) is 9.99 Å². The van der Waals surface area contributed by atoms with E-state index in [2.05, 4.69) is 26.5 Å². The second kappa shape index (κ2) is 11.0. The number of nitrogens with one attached hydrogen (secondary N) is 1. The molecule has 6 nitrogen and oxygen atoms in total. The third kappa shape index (κ3) is 5.68. The molecule has 0 bridgehead atoms. The Bertz CT molecular complexity index is 1310. The molecule has 0 fully saturated rings. The Balaban J connectivity index is 1.46. The van der Waals surface area contributed by atoms with Gasteiger partial charge in [0.2, 0.25) is 0 Å². The highest BCUT2D eigenvalue weighted by molar-refractivity contribution is 9.10. The average Bonchev–Trinajstić information content (AvgIpc) is 3.39. The second-order valence-electron chi connectivity index (χ2n) is 7.26. The van der Waals surface area contributed by atoms with Crippen molar-refractivity contribution in [2.24, 2.45) is 5.10 Å². The largest absolute Gasteiger partial charge is 0.493 e. The van der Waals surface area contributed by atoms with E-state index >= 15 is 0 Å². The molecule has 34 heavy (non-hydrogen) atoms. The Morgan fingerprint density at radius 2 is 1.82 bits per heavy atom. The molecule has 0 spiro atoms. The van der Waals surface area contributed by atoms with Crippen LogP contribution >= 0.6 is 27.5 Å². The molecule has 0 aliphatic carbocycles. The molecule has 172 valence electrons. The molecule has 3 aromatic carbocycles. The van der Waals surface area contributed by atoms with Gasteiger partial charge in [0, 0.05) is 17.4 Å². The number of ether oxygens (including phenoxy) is 2. The van der Waals surface area contributed by atoms with Gasteiger partial charge in [0.05, 0.1) is 29.0 Å². The summed E-state index contributed by atoms with van der Waals surface area (Å²) in [6, 6.07) is 22.2. The lowest BCUT2D eigenvalue weighted by Gasteiger charge is -2.13. The van der Waals surface area contributed by atoms with Crippen LogP contribution in [0.25, 0.3) is 5.69 Å². The van der Waals surface area contributed by atoms with Gasteiger partial charge < -0.3 is 14.0 Å². The molecule has 1 N–H and O–H groups in total. The summed E-state index contributed by atoms with van der Waals surface area (Å²) < 4.78 is 14.0. The SMILES string of the molecule is COc1cc(/C=N\NC(=O)c2ccccc2-n2cccc2)cc(Br)c1OCc1ccc(Cl)cc1. The Hall–Kier alpha value is -3.55. The minimum Gasteiger partial charge on any atom is -0.493 e. The van der Waals surface area contributed by atoms with Crippen molar-refractivity contribution in [2.75, 3.05) is 7.11 Å². The zero-order valence-corrected chi connectivity index (χ0v) is 20.6. The number of hydrazone groups is 1. The third-order valence-electron chi connectivity index (χ3n) is 4.96. The first-order valence-electron chi connectivity index (χ1n) is 10.4. The van der Waals surface area contributed by atoms with Gasteiger partial charge in [-0.1, -0.05) is 35.9 Å². The number of methoxy groups -OCH3 is 1. The fraction of sp³-hybridized carbons (Fsp3) is 0.0769. The number of hydrogen-bond donors (Lipinski definition) is 1. The second-order valence-corrected chi connectivity index (χ2v) is 8.55. The summed E-state index contributed by atoms with van der Waals surface area (Å²) in [6.45, 7) is 0.358. The molecule has 1 aromatic heterocycles. The summed E-state index contributed by atoms with van der Waals surface area (Å²) in [7, 11) is 1.57. The summed E-state index contributed by atoms with van der Waals surface area (Å²) in [6.07, 6.45) is 5.32. The number of para-hydroxylation sites is 1. The minimum atomic E-state index is -0.311. The van der Waals surface area contributed by atoms with Crippen molar-refractivity contribution < 1.29 is 14.3 Å². The van der Waals surface area contributed by atoms with Crippen LogP contribution in [0.1, 0.15) is 21.5 Å². The number of carbonyl (C=O) groups excluding carboxylic acids is 1. The summed E-state index contributed by atoms with van der Waals surface area (Å²) >= 11 is 9.47. The van der Waals surface area contributed by atoms with Crippen molar-refractivity contribution in [3.63, 3.8) is 0 Å². The summed E-state index contributed by atoms with van der Waals surface area (Å²) in [5, 5.41) is 4.80. The van der Waals surface area contributed by atoms with E-state index in [1.807, 2.05) is 77.6 Å². The Morgan fingerprint density at radius 1 is 1.09 bits per heavy atom. The topological polar surface area (TPSA) is 64.8 Å². The standard InChI is InChI=1S/C26H21BrClN3O3/c1-33-24-15-19(14-22(27)25(24)34-17-18-8-10-20(28)11-9-18)16-29-30-26(32)21-6-2-3-7-23(21)31-12-4-5-13-31/h2-16H,17H2,1H3,(H,30,32)/b29-16-. The van der Waals surface area contributed by atoms with Crippen LogP contribution in [-0.4, -0.2) is 23.8 Å². The molecule has 8 heteroatoms. The van der Waals surface area contributed by atoms with Gasteiger partial charge in [-0.15, -0.1) is 0 Å². The predicted octanol–water partition coefficient (Wildman–Crippen LogP) is 6.24. The maximum atomic E-state index is 12.7. The maximum absolute atomic E-state index is 12.7. The zero-order chi connectivity index (χ0) is 23.9. The number of aromatic nitrogens is 1. The van der Waals surface area contributed by atoms with Crippen LogP contribution in [0, 0.1) is 0 Å². The Morgan fingerprint density at radius 3 is 2.56 bits per heavy atom. The van der Waals surface area contributed by atoms with Crippen LogP contribution in [-0.2, 0) is 6.61 Å². The van der Waals surface area contributed by atoms with Gasteiger partial charge in [0.1, 0.15) is 6.61 Å². The molecule has 0 aliphatic rings. The molecule has 1 heterocycles. The van der Waals surface area contributed by atoms with E-state index in [0.717, 1.165) is 16.8 Å². The van der Waals surface area contributed by atoms with Gasteiger partial charge in [0.15, 0.2) is 11.5 Å². The highest BCUT2D eigenvalue weighted by Gasteiger charge is 2.13. The first-order chi connectivity index (χ1) is 16.5. The Labute approximate surface area is 210 Å². The number of halogens is 2. The fourth-order valence-electron chi connectivity index (χ4n) is 3.30. The van der Waals surface area contributed by atoms with E-state index in [1.165, 1.54) is 0 Å². The summed E-state index contributed by atoms with van der Waals surface area (Å²) in [4.78, 5) is 12.7. The van der Waals surface area contributed by atoms with Crippen LogP contribution in [0.15, 0.2) is 94.8 Å². The molecular formula is C26H21BrClN3O3. The van der Waals surface area contributed by atoms with E-state index in [9.17, 15) is 4.79 Å². The normalized spacial score (nSPS) is 10.9. The van der Waals surface area contributed by atoms with E-state index < -0.39 is 0 Å². The summed E-state index contributed by atoms with van der Waals surface area (Å²) in [5.41, 5.74) is 5.58. The molecule has 0 unspecified atom stereocenters. The lowest BCUT2D eigenvalue weighted by atomic mass is 10.1. The predicted molar refractivity (Wildman–Crippen MR) is 137 cm³/mol. The van der Waals surface area contributed by atoms with E-state index in [0.29, 0.717) is 33.2 Å². The van der Waals surface area contributed by atoms with Crippen molar-refractivity contribution >= 4 is 39.7 Å². The zero-order valence-electron chi connectivity index (χ0n) is 18.2. The number of carbonyl (C=O) groups is 1. The van der Waals surface area contributed by atoms with Crippen LogP contribution in [0.3, 0.4) is 0 Å². The quantitative estimate of drug-likeness (QED) is 0.213. The van der Waals surface area contributed by atoms with E-state index in [4.69, 9.17) is 21.1 Å². The lowest BCUT2D eigenvalue weighted by Crippen LogP contribution is -2.19. The third-order valence-corrected chi connectivity index (χ3v) is 5.80. The number of benzene rings is 3. The van der Waals surface area contributed by atoms with Crippen molar-refractivity contribution in [3.05, 3.63) is 111 Å². The number of rotatable bonds is 8. The molecule has 4 aromatic rings. The number of nitrogens with zero attached hydrogens (tertiary/aromatic N) is 2. The first kappa shape index (κ1) is 23.6. The van der Waals surface area contributed by atoms with Gasteiger partial charge in [-0.05, 0) is 75.6 Å². The molecule has 4 rings (SSSR count). The minimum absolute atomic E-state index is 0.311. The smallest absolute Gasteiger partial charge is 0.273 e. The van der Waals surface area contributed by atoms with E-state index in [1.54, 1.807) is 25.5 Å². The van der Waals surface area contributed by atoms with Crippen LogP contribution < -0.4 is 14.9 Å². The monoisotopic (exact) mass is 537 g/mol. The average molecular weight is 539 g/mol. The van der Waals surface area contributed by atoms with Gasteiger partial charge in [0.25, 0.3) is 5.91 Å². The highest BCUT2D eigenvalue weighted by Crippen LogP contribution is 2.37. The van der Waals surface area contributed by atoms with Gasteiger partial charge >= 0.3 is 0 Å². The molecule has 0 radical (unpaired) electrons. The maximum Gasteiger partial charge on any atom is 0.273 e. The lowest BCUT2D eigenvalue weighted by molar-refractivity contribution is 0.0955. The van der Waals surface area contributed by atoms with Gasteiger partial charge in [-0.2, -0.15) is 5.10 Å². The molecule has 0 saturated carbocycles. The molecule has 0 atom stereocenters.